The molecule has 0 amide bonds. The zero-order valence-corrected chi connectivity index (χ0v) is 6.80. The standard InChI is InChI=1S/C8H18N2/c1-8(2)10-6-4-9(3)5-7-10/h8H,4-7H2,1-3H3/i3D3. The molecule has 0 bridgehead atoms. The van der Waals surface area contributed by atoms with Crippen LogP contribution in [0.4, 0.5) is 0 Å². The number of piperazine rings is 1. The maximum Gasteiger partial charge on any atom is 0.0394 e. The Labute approximate surface area is 68.0 Å². The van der Waals surface area contributed by atoms with Crippen LogP contribution in [0.2, 0.25) is 0 Å². The minimum atomic E-state index is -1.90. The van der Waals surface area contributed by atoms with Gasteiger partial charge in [-0.2, -0.15) is 0 Å². The maximum atomic E-state index is 7.24. The molecule has 1 aliphatic rings. The lowest BCUT2D eigenvalue weighted by Crippen LogP contribution is -2.47. The van der Waals surface area contributed by atoms with Gasteiger partial charge < -0.3 is 4.90 Å². The fraction of sp³-hybridized carbons (Fsp3) is 1.00. The van der Waals surface area contributed by atoms with Gasteiger partial charge in [-0.25, -0.2) is 0 Å². The van der Waals surface area contributed by atoms with Crippen LogP contribution in [-0.4, -0.2) is 49.0 Å². The van der Waals surface area contributed by atoms with Gasteiger partial charge in [-0.05, 0) is 20.8 Å². The number of rotatable bonds is 1. The molecule has 0 aromatic carbocycles. The van der Waals surface area contributed by atoms with Crippen LogP contribution in [0.5, 0.6) is 0 Å². The van der Waals surface area contributed by atoms with Crippen LogP contribution >= 0.6 is 0 Å². The van der Waals surface area contributed by atoms with Gasteiger partial charge in [-0.3, -0.25) is 4.90 Å². The Morgan fingerprint density at radius 1 is 1.20 bits per heavy atom. The molecule has 1 heterocycles. The van der Waals surface area contributed by atoms with Crippen molar-refractivity contribution in [1.82, 2.24) is 9.80 Å². The Hall–Kier alpha value is -0.0800. The molecular formula is C8H18N2. The van der Waals surface area contributed by atoms with Crippen molar-refractivity contribution in [3.63, 3.8) is 0 Å². The lowest BCUT2D eigenvalue weighted by Gasteiger charge is -2.34. The van der Waals surface area contributed by atoms with E-state index in [-0.39, 0.29) is 0 Å². The molecule has 10 heavy (non-hydrogen) atoms. The molecule has 60 valence electrons. The van der Waals surface area contributed by atoms with Gasteiger partial charge in [0.15, 0.2) is 0 Å². The molecule has 0 radical (unpaired) electrons. The third kappa shape index (κ3) is 1.96. The number of likely N-dealkylation sites (N-methyl/N-ethyl adjacent to an activating group) is 1. The van der Waals surface area contributed by atoms with Crippen molar-refractivity contribution < 1.29 is 4.11 Å². The first kappa shape index (κ1) is 4.73. The van der Waals surface area contributed by atoms with E-state index in [2.05, 4.69) is 18.7 Å². The first-order valence-electron chi connectivity index (χ1n) is 5.40. The Balaban J connectivity index is 2.39. The van der Waals surface area contributed by atoms with Gasteiger partial charge in [0.2, 0.25) is 0 Å². The van der Waals surface area contributed by atoms with Gasteiger partial charge in [0.05, 0.1) is 0 Å². The molecule has 0 aromatic heterocycles. The normalized spacial score (nSPS) is 29.7. The third-order valence-electron chi connectivity index (χ3n) is 2.04. The molecule has 1 rings (SSSR count). The zero-order valence-electron chi connectivity index (χ0n) is 9.80. The summed E-state index contributed by atoms with van der Waals surface area (Å²) in [6.07, 6.45) is 0. The van der Waals surface area contributed by atoms with Crippen LogP contribution in [0.25, 0.3) is 0 Å². The summed E-state index contributed by atoms with van der Waals surface area (Å²) < 4.78 is 21.7. The van der Waals surface area contributed by atoms with E-state index in [0.29, 0.717) is 19.1 Å². The first-order valence-corrected chi connectivity index (χ1v) is 3.90. The topological polar surface area (TPSA) is 6.48 Å². The van der Waals surface area contributed by atoms with Crippen molar-refractivity contribution in [3.05, 3.63) is 0 Å². The molecule has 0 saturated carbocycles. The van der Waals surface area contributed by atoms with Crippen molar-refractivity contribution in [3.8, 4) is 0 Å². The van der Waals surface area contributed by atoms with Crippen LogP contribution in [0.3, 0.4) is 0 Å². The largest absolute Gasteiger partial charge is 0.304 e. The molecule has 0 atom stereocenters. The molecule has 1 aliphatic heterocycles. The average Bonchev–Trinajstić information content (AvgIpc) is 2.03. The van der Waals surface area contributed by atoms with Gasteiger partial charge >= 0.3 is 0 Å². The SMILES string of the molecule is [2H]C([2H])([2H])N1CCN(C(C)C)CC1. The quantitative estimate of drug-likeness (QED) is 0.534. The van der Waals surface area contributed by atoms with E-state index in [4.69, 9.17) is 4.11 Å². The smallest absolute Gasteiger partial charge is 0.0394 e. The van der Waals surface area contributed by atoms with Crippen molar-refractivity contribution in [2.45, 2.75) is 19.9 Å². The molecular weight excluding hydrogens is 124 g/mol. The van der Waals surface area contributed by atoms with Crippen LogP contribution < -0.4 is 0 Å². The second-order valence-electron chi connectivity index (χ2n) is 3.12. The van der Waals surface area contributed by atoms with Crippen LogP contribution in [0, 0.1) is 0 Å². The highest BCUT2D eigenvalue weighted by atomic mass is 15.3. The van der Waals surface area contributed by atoms with E-state index in [1.807, 2.05) is 0 Å². The Kier molecular flexibility index (Phi) is 1.58. The van der Waals surface area contributed by atoms with Gasteiger partial charge in [0.25, 0.3) is 0 Å². The lowest BCUT2D eigenvalue weighted by atomic mass is 10.2. The summed E-state index contributed by atoms with van der Waals surface area (Å²) in [7, 11) is 0. The molecule has 0 unspecified atom stereocenters. The second-order valence-corrected chi connectivity index (χ2v) is 3.12. The first-order chi connectivity index (χ1) is 5.91. The summed E-state index contributed by atoms with van der Waals surface area (Å²) in [6.45, 7) is 5.45. The fourth-order valence-corrected chi connectivity index (χ4v) is 1.24. The predicted octanol–water partition coefficient (Wildman–Crippen LogP) is 0.642. The van der Waals surface area contributed by atoms with Crippen molar-refractivity contribution >= 4 is 0 Å². The summed E-state index contributed by atoms with van der Waals surface area (Å²) in [5.41, 5.74) is 0. The summed E-state index contributed by atoms with van der Waals surface area (Å²) >= 11 is 0. The molecule has 0 aromatic rings. The minimum Gasteiger partial charge on any atom is -0.304 e. The predicted molar refractivity (Wildman–Crippen MR) is 44.2 cm³/mol. The van der Waals surface area contributed by atoms with E-state index in [0.717, 1.165) is 13.1 Å². The summed E-state index contributed by atoms with van der Waals surface area (Å²) in [6, 6.07) is 0.527. The van der Waals surface area contributed by atoms with E-state index >= 15 is 0 Å². The maximum absolute atomic E-state index is 7.24. The van der Waals surface area contributed by atoms with Crippen LogP contribution in [0.15, 0.2) is 0 Å². The zero-order chi connectivity index (χ0) is 10.1. The van der Waals surface area contributed by atoms with Gasteiger partial charge in [0.1, 0.15) is 0 Å². The van der Waals surface area contributed by atoms with Gasteiger partial charge in [-0.1, -0.05) is 0 Å². The lowest BCUT2D eigenvalue weighted by molar-refractivity contribution is 0.126. The fourth-order valence-electron chi connectivity index (χ4n) is 1.24. The molecule has 1 saturated heterocycles. The molecule has 2 nitrogen and oxygen atoms in total. The van der Waals surface area contributed by atoms with Gasteiger partial charge in [0, 0.05) is 36.3 Å². The summed E-state index contributed by atoms with van der Waals surface area (Å²) in [4.78, 5) is 3.88. The molecule has 1 fully saturated rings. The average molecular weight is 145 g/mol. The molecule has 0 aliphatic carbocycles. The third-order valence-corrected chi connectivity index (χ3v) is 2.04. The minimum absolute atomic E-state index is 0.527. The highest BCUT2D eigenvalue weighted by molar-refractivity contribution is 4.71. The highest BCUT2D eigenvalue weighted by Gasteiger charge is 2.15. The van der Waals surface area contributed by atoms with E-state index in [9.17, 15) is 0 Å². The Morgan fingerprint density at radius 2 is 1.80 bits per heavy atom. The van der Waals surface area contributed by atoms with Crippen LogP contribution in [0.1, 0.15) is 18.0 Å². The molecule has 2 heteroatoms. The second kappa shape index (κ2) is 3.35. The summed E-state index contributed by atoms with van der Waals surface area (Å²) in [5.74, 6) is 0. The van der Waals surface area contributed by atoms with E-state index in [1.54, 1.807) is 4.90 Å². The Bertz CT molecular complexity index is 159. The number of nitrogens with zero attached hydrogens (tertiary/aromatic N) is 2. The molecule has 0 N–H and O–H groups in total. The van der Waals surface area contributed by atoms with E-state index < -0.39 is 6.98 Å². The highest BCUT2D eigenvalue weighted by Crippen LogP contribution is 2.02. The van der Waals surface area contributed by atoms with Crippen molar-refractivity contribution in [2.75, 3.05) is 33.2 Å². The van der Waals surface area contributed by atoms with Gasteiger partial charge in [-0.15, -0.1) is 0 Å². The Morgan fingerprint density at radius 3 is 2.20 bits per heavy atom. The van der Waals surface area contributed by atoms with Crippen molar-refractivity contribution in [1.29, 1.82) is 0 Å². The number of hydrogen-bond acceptors (Lipinski definition) is 2. The van der Waals surface area contributed by atoms with Crippen LogP contribution in [-0.2, 0) is 0 Å². The van der Waals surface area contributed by atoms with E-state index in [1.165, 1.54) is 0 Å². The van der Waals surface area contributed by atoms with Crippen molar-refractivity contribution in [2.24, 2.45) is 0 Å². The molecule has 0 spiro atoms. The number of hydrogen-bond donors (Lipinski definition) is 0. The monoisotopic (exact) mass is 145 g/mol. The summed E-state index contributed by atoms with van der Waals surface area (Å²) in [5, 5.41) is 0.